The van der Waals surface area contributed by atoms with Gasteiger partial charge in [0.2, 0.25) is 11.8 Å². The van der Waals surface area contributed by atoms with E-state index in [0.717, 1.165) is 36.1 Å². The number of benzene rings is 2. The lowest BCUT2D eigenvalue weighted by Gasteiger charge is -2.30. The van der Waals surface area contributed by atoms with E-state index in [2.05, 4.69) is 36.5 Å². The summed E-state index contributed by atoms with van der Waals surface area (Å²) in [6.07, 6.45) is 4.62. The van der Waals surface area contributed by atoms with Crippen LogP contribution < -0.4 is 5.32 Å². The van der Waals surface area contributed by atoms with Crippen LogP contribution in [-0.4, -0.2) is 34.6 Å². The SMILES string of the molecule is Cc1ccc(SCCC(=O)N(Cc2ccc(Cl)cc2Cl)[C@@H](C)C(=O)NC2CCCC2)cc1. The Morgan fingerprint density at radius 1 is 1.12 bits per heavy atom. The van der Waals surface area contributed by atoms with E-state index in [1.807, 2.05) is 6.07 Å². The van der Waals surface area contributed by atoms with Gasteiger partial charge in [-0.3, -0.25) is 9.59 Å². The van der Waals surface area contributed by atoms with Crippen molar-refractivity contribution in [1.82, 2.24) is 10.2 Å². The Balaban J connectivity index is 1.68. The predicted molar refractivity (Wildman–Crippen MR) is 133 cm³/mol. The van der Waals surface area contributed by atoms with E-state index >= 15 is 0 Å². The molecule has 2 amide bonds. The van der Waals surface area contributed by atoms with Gasteiger partial charge >= 0.3 is 0 Å². The minimum Gasteiger partial charge on any atom is -0.352 e. The fourth-order valence-electron chi connectivity index (χ4n) is 3.84. The quantitative estimate of drug-likeness (QED) is 0.420. The second-order valence-electron chi connectivity index (χ2n) is 8.33. The van der Waals surface area contributed by atoms with Gasteiger partial charge in [-0.1, -0.05) is 59.8 Å². The molecule has 3 rings (SSSR count). The molecular weight excluding hydrogens is 463 g/mol. The van der Waals surface area contributed by atoms with Crippen molar-refractivity contribution in [2.75, 3.05) is 5.75 Å². The number of halogens is 2. The highest BCUT2D eigenvalue weighted by atomic mass is 35.5. The number of carbonyl (C=O) groups is 2. The molecule has 1 atom stereocenters. The van der Waals surface area contributed by atoms with Crippen molar-refractivity contribution in [1.29, 1.82) is 0 Å². The normalized spacial score (nSPS) is 14.9. The molecule has 2 aromatic rings. The summed E-state index contributed by atoms with van der Waals surface area (Å²) in [7, 11) is 0. The van der Waals surface area contributed by atoms with Gasteiger partial charge in [0.15, 0.2) is 0 Å². The molecule has 0 aromatic heterocycles. The van der Waals surface area contributed by atoms with Gasteiger partial charge in [-0.2, -0.15) is 0 Å². The molecule has 4 nitrogen and oxygen atoms in total. The molecule has 7 heteroatoms. The third kappa shape index (κ3) is 7.16. The van der Waals surface area contributed by atoms with Gasteiger partial charge in [0.1, 0.15) is 6.04 Å². The van der Waals surface area contributed by atoms with Crippen LogP contribution in [0.15, 0.2) is 47.4 Å². The lowest BCUT2D eigenvalue weighted by Crippen LogP contribution is -2.49. The molecule has 1 saturated carbocycles. The molecule has 1 aliphatic carbocycles. The number of amides is 2. The van der Waals surface area contributed by atoms with E-state index in [1.165, 1.54) is 5.56 Å². The topological polar surface area (TPSA) is 49.4 Å². The number of hydrogen-bond acceptors (Lipinski definition) is 3. The van der Waals surface area contributed by atoms with E-state index < -0.39 is 6.04 Å². The van der Waals surface area contributed by atoms with Crippen LogP contribution in [-0.2, 0) is 16.1 Å². The van der Waals surface area contributed by atoms with Crippen molar-refractivity contribution in [2.45, 2.75) is 69.5 Å². The van der Waals surface area contributed by atoms with Crippen LogP contribution in [0.2, 0.25) is 10.0 Å². The molecule has 0 bridgehead atoms. The summed E-state index contributed by atoms with van der Waals surface area (Å²) in [4.78, 5) is 28.9. The second-order valence-corrected chi connectivity index (χ2v) is 10.3. The third-order valence-electron chi connectivity index (χ3n) is 5.83. The van der Waals surface area contributed by atoms with Crippen molar-refractivity contribution in [3.05, 3.63) is 63.6 Å². The summed E-state index contributed by atoms with van der Waals surface area (Å²) in [6, 6.07) is 13.1. The van der Waals surface area contributed by atoms with E-state index in [1.54, 1.807) is 35.7 Å². The first-order chi connectivity index (χ1) is 15.3. The maximum atomic E-state index is 13.2. The summed E-state index contributed by atoms with van der Waals surface area (Å²) < 4.78 is 0. The van der Waals surface area contributed by atoms with Gasteiger partial charge in [-0.05, 0) is 56.5 Å². The van der Waals surface area contributed by atoms with E-state index in [0.29, 0.717) is 22.2 Å². The van der Waals surface area contributed by atoms with Crippen LogP contribution in [0.5, 0.6) is 0 Å². The zero-order chi connectivity index (χ0) is 23.1. The molecule has 0 heterocycles. The van der Waals surface area contributed by atoms with Crippen molar-refractivity contribution in [3.63, 3.8) is 0 Å². The van der Waals surface area contributed by atoms with Crippen LogP contribution in [0, 0.1) is 6.92 Å². The van der Waals surface area contributed by atoms with Crippen LogP contribution in [0.1, 0.15) is 50.2 Å². The van der Waals surface area contributed by atoms with Crippen LogP contribution >= 0.6 is 35.0 Å². The summed E-state index contributed by atoms with van der Waals surface area (Å²) in [5, 5.41) is 4.15. The summed E-state index contributed by atoms with van der Waals surface area (Å²) in [5.41, 5.74) is 1.98. The van der Waals surface area contributed by atoms with Gasteiger partial charge in [0, 0.05) is 39.7 Å². The Kier molecular flexibility index (Phi) is 9.33. The van der Waals surface area contributed by atoms with Crippen molar-refractivity contribution < 1.29 is 9.59 Å². The summed E-state index contributed by atoms with van der Waals surface area (Å²) in [5.74, 6) is 0.468. The second kappa shape index (κ2) is 12.0. The number of rotatable bonds is 9. The Bertz CT molecular complexity index is 930. The third-order valence-corrected chi connectivity index (χ3v) is 7.43. The maximum Gasteiger partial charge on any atom is 0.242 e. The molecule has 0 radical (unpaired) electrons. The first-order valence-electron chi connectivity index (χ1n) is 11.1. The molecule has 1 fully saturated rings. The number of thioether (sulfide) groups is 1. The zero-order valence-corrected chi connectivity index (χ0v) is 20.9. The van der Waals surface area contributed by atoms with E-state index in [4.69, 9.17) is 23.2 Å². The highest BCUT2D eigenvalue weighted by molar-refractivity contribution is 7.99. The highest BCUT2D eigenvalue weighted by Gasteiger charge is 2.28. The van der Waals surface area contributed by atoms with Gasteiger partial charge in [0.25, 0.3) is 0 Å². The predicted octanol–water partition coefficient (Wildman–Crippen LogP) is 6.26. The average molecular weight is 494 g/mol. The maximum absolute atomic E-state index is 13.2. The molecular formula is C25H30Cl2N2O2S. The van der Waals surface area contributed by atoms with Crippen molar-refractivity contribution >= 4 is 46.8 Å². The Morgan fingerprint density at radius 3 is 2.47 bits per heavy atom. The summed E-state index contributed by atoms with van der Waals surface area (Å²) >= 11 is 14.0. The van der Waals surface area contributed by atoms with Crippen molar-refractivity contribution in [3.8, 4) is 0 Å². The standard InChI is InChI=1S/C25H30Cl2N2O2S/c1-17-7-11-22(12-8-17)32-14-13-24(30)29(16-19-9-10-20(26)15-23(19)27)18(2)25(31)28-21-5-3-4-6-21/h7-12,15,18,21H,3-6,13-14,16H2,1-2H3,(H,28,31)/t18-/m0/s1. The van der Waals surface area contributed by atoms with Crippen LogP contribution in [0.4, 0.5) is 0 Å². The first kappa shape index (κ1) is 24.9. The van der Waals surface area contributed by atoms with Crippen molar-refractivity contribution in [2.24, 2.45) is 0 Å². The fraction of sp³-hybridized carbons (Fsp3) is 0.440. The Morgan fingerprint density at radius 2 is 1.81 bits per heavy atom. The molecule has 0 unspecified atom stereocenters. The number of nitrogens with one attached hydrogen (secondary N) is 1. The van der Waals surface area contributed by atoms with Gasteiger partial charge in [-0.25, -0.2) is 0 Å². The molecule has 2 aromatic carbocycles. The Labute approximate surface area is 205 Å². The monoisotopic (exact) mass is 492 g/mol. The number of nitrogens with zero attached hydrogens (tertiary/aromatic N) is 1. The van der Waals surface area contributed by atoms with E-state index in [9.17, 15) is 9.59 Å². The highest BCUT2D eigenvalue weighted by Crippen LogP contribution is 2.25. The Hall–Kier alpha value is -1.69. The molecule has 1 aliphatic rings. The molecule has 32 heavy (non-hydrogen) atoms. The summed E-state index contributed by atoms with van der Waals surface area (Å²) in [6.45, 7) is 4.11. The van der Waals surface area contributed by atoms with Gasteiger partial charge in [0.05, 0.1) is 0 Å². The van der Waals surface area contributed by atoms with Gasteiger partial charge < -0.3 is 10.2 Å². The average Bonchev–Trinajstić information content (AvgIpc) is 3.27. The van der Waals surface area contributed by atoms with Crippen LogP contribution in [0.3, 0.4) is 0 Å². The molecule has 0 spiro atoms. The van der Waals surface area contributed by atoms with Crippen LogP contribution in [0.25, 0.3) is 0 Å². The minimum absolute atomic E-state index is 0.0651. The van der Waals surface area contributed by atoms with Gasteiger partial charge in [-0.15, -0.1) is 11.8 Å². The molecule has 172 valence electrons. The molecule has 1 N–H and O–H groups in total. The largest absolute Gasteiger partial charge is 0.352 e. The molecule has 0 aliphatic heterocycles. The number of aryl methyl sites for hydroxylation is 1. The lowest BCUT2D eigenvalue weighted by atomic mass is 10.1. The fourth-order valence-corrected chi connectivity index (χ4v) is 5.15. The number of hydrogen-bond donors (Lipinski definition) is 1. The molecule has 0 saturated heterocycles. The zero-order valence-electron chi connectivity index (χ0n) is 18.6. The lowest BCUT2D eigenvalue weighted by molar-refractivity contribution is -0.140. The number of carbonyl (C=O) groups excluding carboxylic acids is 2. The smallest absolute Gasteiger partial charge is 0.242 e. The van der Waals surface area contributed by atoms with E-state index in [-0.39, 0.29) is 24.4 Å². The minimum atomic E-state index is -0.584. The first-order valence-corrected chi connectivity index (χ1v) is 12.8.